The number of ether oxygens (including phenoxy) is 1. The Morgan fingerprint density at radius 2 is 2.10 bits per heavy atom. The van der Waals surface area contributed by atoms with Gasteiger partial charge in [-0.1, -0.05) is 26.8 Å². The lowest BCUT2D eigenvalue weighted by Crippen LogP contribution is -2.11. The highest BCUT2D eigenvalue weighted by Crippen LogP contribution is 2.24. The van der Waals surface area contributed by atoms with E-state index in [4.69, 9.17) is 4.74 Å². The second-order valence-electron chi connectivity index (χ2n) is 5.69. The summed E-state index contributed by atoms with van der Waals surface area (Å²) in [6.45, 7) is 9.98. The van der Waals surface area contributed by atoms with Crippen molar-refractivity contribution in [3.8, 4) is 5.75 Å². The molecule has 0 amide bonds. The van der Waals surface area contributed by atoms with E-state index in [1.807, 2.05) is 31.2 Å². The minimum atomic E-state index is 0.115. The Kier molecular flexibility index (Phi) is 4.65. The minimum Gasteiger partial charge on any atom is -0.494 e. The fraction of sp³-hybridized carbons (Fsp3) is 0.438. The van der Waals surface area contributed by atoms with Crippen molar-refractivity contribution in [3.63, 3.8) is 0 Å². The summed E-state index contributed by atoms with van der Waals surface area (Å²) in [6.07, 6.45) is 0. The second-order valence-corrected chi connectivity index (χ2v) is 6.63. The number of aromatic nitrogens is 1. The Morgan fingerprint density at radius 3 is 2.75 bits per heavy atom. The highest BCUT2D eigenvalue weighted by Gasteiger charge is 2.17. The molecule has 0 unspecified atom stereocenters. The van der Waals surface area contributed by atoms with Crippen LogP contribution < -0.4 is 10.1 Å². The number of rotatable bonds is 5. The van der Waals surface area contributed by atoms with Crippen LogP contribution in [0.15, 0.2) is 29.6 Å². The van der Waals surface area contributed by atoms with E-state index >= 15 is 0 Å². The van der Waals surface area contributed by atoms with Gasteiger partial charge in [-0.05, 0) is 19.1 Å². The summed E-state index contributed by atoms with van der Waals surface area (Å²) < 4.78 is 5.49. The minimum absolute atomic E-state index is 0.115. The molecule has 2 rings (SSSR count). The molecule has 1 heterocycles. The van der Waals surface area contributed by atoms with Crippen molar-refractivity contribution < 1.29 is 4.74 Å². The molecule has 0 aliphatic heterocycles. The first-order chi connectivity index (χ1) is 9.49. The highest BCUT2D eigenvalue weighted by molar-refractivity contribution is 7.09. The molecule has 0 spiro atoms. The van der Waals surface area contributed by atoms with Crippen LogP contribution in [-0.2, 0) is 12.0 Å². The Balaban J connectivity index is 1.98. The lowest BCUT2D eigenvalue weighted by Gasteiger charge is -2.14. The third kappa shape index (κ3) is 3.97. The van der Waals surface area contributed by atoms with Gasteiger partial charge < -0.3 is 10.1 Å². The zero-order valence-corrected chi connectivity index (χ0v) is 13.4. The van der Waals surface area contributed by atoms with Crippen molar-refractivity contribution in [3.05, 3.63) is 40.3 Å². The van der Waals surface area contributed by atoms with E-state index in [0.717, 1.165) is 28.7 Å². The average Bonchev–Trinajstić information content (AvgIpc) is 2.86. The summed E-state index contributed by atoms with van der Waals surface area (Å²) >= 11 is 1.71. The third-order valence-electron chi connectivity index (χ3n) is 2.91. The predicted molar refractivity (Wildman–Crippen MR) is 85.8 cm³/mol. The maximum Gasteiger partial charge on any atom is 0.121 e. The smallest absolute Gasteiger partial charge is 0.121 e. The monoisotopic (exact) mass is 290 g/mol. The van der Waals surface area contributed by atoms with Crippen molar-refractivity contribution in [1.29, 1.82) is 0 Å². The van der Waals surface area contributed by atoms with Gasteiger partial charge in [0.25, 0.3) is 0 Å². The molecule has 2 aromatic rings. The molecule has 0 saturated heterocycles. The molecule has 4 heteroatoms. The van der Waals surface area contributed by atoms with Crippen LogP contribution in [0.3, 0.4) is 0 Å². The number of thiazole rings is 1. The molecule has 0 aliphatic carbocycles. The third-order valence-corrected chi connectivity index (χ3v) is 3.76. The zero-order valence-electron chi connectivity index (χ0n) is 12.6. The first-order valence-corrected chi connectivity index (χ1v) is 7.78. The van der Waals surface area contributed by atoms with E-state index in [1.54, 1.807) is 11.3 Å². The van der Waals surface area contributed by atoms with Gasteiger partial charge in [0.1, 0.15) is 10.8 Å². The van der Waals surface area contributed by atoms with Crippen LogP contribution in [-0.4, -0.2) is 11.6 Å². The summed E-state index contributed by atoms with van der Waals surface area (Å²) in [5.41, 5.74) is 2.33. The van der Waals surface area contributed by atoms with Gasteiger partial charge in [-0.3, -0.25) is 0 Å². The van der Waals surface area contributed by atoms with Crippen molar-refractivity contribution >= 4 is 17.0 Å². The Hall–Kier alpha value is -1.55. The summed E-state index contributed by atoms with van der Waals surface area (Å²) in [5, 5.41) is 6.65. The van der Waals surface area contributed by atoms with Crippen LogP contribution in [0.5, 0.6) is 5.75 Å². The first kappa shape index (κ1) is 14.9. The van der Waals surface area contributed by atoms with Gasteiger partial charge in [-0.25, -0.2) is 4.98 Å². The molecule has 0 saturated carbocycles. The van der Waals surface area contributed by atoms with Gasteiger partial charge in [0.15, 0.2) is 0 Å². The number of anilines is 1. The standard InChI is InChI=1S/C16H22N2OS/c1-5-19-13-8-6-7-12(9-13)17-10-15-18-14(11-20-15)16(2,3)4/h6-9,11,17H,5,10H2,1-4H3. The molecular weight excluding hydrogens is 268 g/mol. The van der Waals surface area contributed by atoms with Gasteiger partial charge >= 0.3 is 0 Å². The topological polar surface area (TPSA) is 34.1 Å². The predicted octanol–water partition coefficient (Wildman–Crippen LogP) is 4.45. The van der Waals surface area contributed by atoms with E-state index in [-0.39, 0.29) is 5.41 Å². The molecule has 0 fully saturated rings. The molecular formula is C16H22N2OS. The fourth-order valence-electron chi connectivity index (χ4n) is 1.78. The lowest BCUT2D eigenvalue weighted by atomic mass is 9.93. The SMILES string of the molecule is CCOc1cccc(NCc2nc(C(C)(C)C)cs2)c1. The Bertz CT molecular complexity index is 558. The summed E-state index contributed by atoms with van der Waals surface area (Å²) in [4.78, 5) is 4.68. The number of benzene rings is 1. The first-order valence-electron chi connectivity index (χ1n) is 6.90. The van der Waals surface area contributed by atoms with Crippen molar-refractivity contribution in [2.45, 2.75) is 39.7 Å². The highest BCUT2D eigenvalue weighted by atomic mass is 32.1. The van der Waals surface area contributed by atoms with E-state index in [9.17, 15) is 0 Å². The fourth-order valence-corrected chi connectivity index (χ4v) is 2.74. The number of hydrogen-bond donors (Lipinski definition) is 1. The second kappa shape index (κ2) is 6.27. The van der Waals surface area contributed by atoms with Gasteiger partial charge in [0.05, 0.1) is 18.8 Å². The molecule has 0 radical (unpaired) electrons. The molecule has 1 aromatic carbocycles. The van der Waals surface area contributed by atoms with E-state index in [1.165, 1.54) is 0 Å². The van der Waals surface area contributed by atoms with Crippen LogP contribution >= 0.6 is 11.3 Å². The molecule has 20 heavy (non-hydrogen) atoms. The summed E-state index contributed by atoms with van der Waals surface area (Å²) in [5.74, 6) is 0.895. The van der Waals surface area contributed by atoms with Crippen LogP contribution in [0.4, 0.5) is 5.69 Å². The Labute approximate surface area is 125 Å². The van der Waals surface area contributed by atoms with Crippen LogP contribution in [0, 0.1) is 0 Å². The molecule has 3 nitrogen and oxygen atoms in total. The maximum atomic E-state index is 5.49. The molecule has 0 aliphatic rings. The molecule has 1 aromatic heterocycles. The van der Waals surface area contributed by atoms with Crippen LogP contribution in [0.2, 0.25) is 0 Å². The van der Waals surface area contributed by atoms with Gasteiger partial charge in [-0.2, -0.15) is 0 Å². The Morgan fingerprint density at radius 1 is 1.30 bits per heavy atom. The van der Waals surface area contributed by atoms with Crippen LogP contribution in [0.1, 0.15) is 38.4 Å². The largest absolute Gasteiger partial charge is 0.494 e. The van der Waals surface area contributed by atoms with Gasteiger partial charge in [0, 0.05) is 22.5 Å². The van der Waals surface area contributed by atoms with Gasteiger partial charge in [0.2, 0.25) is 0 Å². The molecule has 108 valence electrons. The van der Waals surface area contributed by atoms with Crippen LogP contribution in [0.25, 0.3) is 0 Å². The van der Waals surface area contributed by atoms with E-state index < -0.39 is 0 Å². The normalized spacial score (nSPS) is 11.4. The summed E-state index contributed by atoms with van der Waals surface area (Å²) in [7, 11) is 0. The number of nitrogens with one attached hydrogen (secondary N) is 1. The zero-order chi connectivity index (χ0) is 14.6. The van der Waals surface area contributed by atoms with Gasteiger partial charge in [-0.15, -0.1) is 11.3 Å². The molecule has 0 atom stereocenters. The maximum absolute atomic E-state index is 5.49. The van der Waals surface area contributed by atoms with Crippen molar-refractivity contribution in [2.24, 2.45) is 0 Å². The number of nitrogens with zero attached hydrogens (tertiary/aromatic N) is 1. The van der Waals surface area contributed by atoms with E-state index in [0.29, 0.717) is 6.61 Å². The van der Waals surface area contributed by atoms with Crippen molar-refractivity contribution in [1.82, 2.24) is 4.98 Å². The quantitative estimate of drug-likeness (QED) is 0.883. The van der Waals surface area contributed by atoms with E-state index in [2.05, 4.69) is 36.5 Å². The molecule has 0 bridgehead atoms. The van der Waals surface area contributed by atoms with Crippen molar-refractivity contribution in [2.75, 3.05) is 11.9 Å². The average molecular weight is 290 g/mol. The number of hydrogen-bond acceptors (Lipinski definition) is 4. The summed E-state index contributed by atoms with van der Waals surface area (Å²) in [6, 6.07) is 8.02. The molecule has 1 N–H and O–H groups in total. The lowest BCUT2D eigenvalue weighted by molar-refractivity contribution is 0.340.